The molecule has 1 fully saturated rings. The molecular weight excluding hydrogens is 174 g/mol. The molecular formula is C12H15NO. The fourth-order valence-corrected chi connectivity index (χ4v) is 1.50. The van der Waals surface area contributed by atoms with Gasteiger partial charge in [0, 0.05) is 12.5 Å². The van der Waals surface area contributed by atoms with Crippen molar-refractivity contribution in [2.45, 2.75) is 26.3 Å². The third-order valence-electron chi connectivity index (χ3n) is 2.50. The summed E-state index contributed by atoms with van der Waals surface area (Å²) in [6.45, 7) is 2.73. The first kappa shape index (κ1) is 9.25. The Labute approximate surface area is 84.3 Å². The van der Waals surface area contributed by atoms with Crippen LogP contribution in [-0.2, 0) is 11.3 Å². The number of amides is 1. The number of aryl methyl sites for hydroxylation is 1. The molecule has 1 N–H and O–H groups in total. The van der Waals surface area contributed by atoms with Crippen molar-refractivity contribution in [2.24, 2.45) is 5.92 Å². The molecule has 1 aromatic rings. The lowest BCUT2D eigenvalue weighted by atomic mass is 10.1. The molecule has 0 atom stereocenters. The molecule has 1 aromatic carbocycles. The van der Waals surface area contributed by atoms with E-state index in [9.17, 15) is 4.79 Å². The van der Waals surface area contributed by atoms with Gasteiger partial charge in [-0.1, -0.05) is 29.8 Å². The first-order valence-corrected chi connectivity index (χ1v) is 5.09. The molecule has 0 aliphatic heterocycles. The van der Waals surface area contributed by atoms with E-state index in [0.717, 1.165) is 12.8 Å². The lowest BCUT2D eigenvalue weighted by Crippen LogP contribution is -2.24. The number of benzene rings is 1. The Morgan fingerprint density at radius 3 is 2.93 bits per heavy atom. The van der Waals surface area contributed by atoms with Crippen molar-refractivity contribution >= 4 is 5.91 Å². The van der Waals surface area contributed by atoms with Crippen LogP contribution in [-0.4, -0.2) is 5.91 Å². The summed E-state index contributed by atoms with van der Waals surface area (Å²) < 4.78 is 0. The molecule has 0 saturated heterocycles. The minimum Gasteiger partial charge on any atom is -0.352 e. The Kier molecular flexibility index (Phi) is 2.53. The van der Waals surface area contributed by atoms with E-state index in [2.05, 4.69) is 24.4 Å². The molecule has 0 radical (unpaired) electrons. The van der Waals surface area contributed by atoms with Gasteiger partial charge in [0.1, 0.15) is 0 Å². The lowest BCUT2D eigenvalue weighted by molar-refractivity contribution is -0.122. The average Bonchev–Trinajstić information content (AvgIpc) is 2.97. The summed E-state index contributed by atoms with van der Waals surface area (Å²) in [4.78, 5) is 11.4. The minimum atomic E-state index is 0.214. The van der Waals surface area contributed by atoms with Crippen LogP contribution in [0, 0.1) is 12.8 Å². The second kappa shape index (κ2) is 3.82. The Balaban J connectivity index is 1.87. The van der Waals surface area contributed by atoms with E-state index >= 15 is 0 Å². The van der Waals surface area contributed by atoms with Crippen molar-refractivity contribution in [2.75, 3.05) is 0 Å². The topological polar surface area (TPSA) is 29.1 Å². The van der Waals surface area contributed by atoms with E-state index in [-0.39, 0.29) is 5.91 Å². The van der Waals surface area contributed by atoms with E-state index in [4.69, 9.17) is 0 Å². The first-order valence-electron chi connectivity index (χ1n) is 5.09. The Morgan fingerprint density at radius 2 is 2.29 bits per heavy atom. The van der Waals surface area contributed by atoms with Gasteiger partial charge in [-0.25, -0.2) is 0 Å². The predicted molar refractivity (Wildman–Crippen MR) is 55.7 cm³/mol. The van der Waals surface area contributed by atoms with E-state index in [1.165, 1.54) is 11.1 Å². The van der Waals surface area contributed by atoms with Crippen LogP contribution in [0.2, 0.25) is 0 Å². The number of carbonyl (C=O) groups excluding carboxylic acids is 1. The van der Waals surface area contributed by atoms with Crippen molar-refractivity contribution in [3.05, 3.63) is 35.4 Å². The van der Waals surface area contributed by atoms with Gasteiger partial charge in [-0.2, -0.15) is 0 Å². The molecule has 1 aliphatic rings. The highest BCUT2D eigenvalue weighted by Gasteiger charge is 2.29. The summed E-state index contributed by atoms with van der Waals surface area (Å²) in [7, 11) is 0. The van der Waals surface area contributed by atoms with Crippen LogP contribution in [0.3, 0.4) is 0 Å². The molecule has 0 heterocycles. The van der Waals surface area contributed by atoms with Gasteiger partial charge >= 0.3 is 0 Å². The molecule has 1 aliphatic carbocycles. The van der Waals surface area contributed by atoms with Crippen LogP contribution >= 0.6 is 0 Å². The molecule has 0 aromatic heterocycles. The fourth-order valence-electron chi connectivity index (χ4n) is 1.50. The summed E-state index contributed by atoms with van der Waals surface area (Å²) in [5, 5.41) is 2.95. The zero-order valence-corrected chi connectivity index (χ0v) is 8.42. The van der Waals surface area contributed by atoms with Crippen molar-refractivity contribution in [1.82, 2.24) is 5.32 Å². The third kappa shape index (κ3) is 2.34. The van der Waals surface area contributed by atoms with Crippen LogP contribution in [0.25, 0.3) is 0 Å². The summed E-state index contributed by atoms with van der Waals surface area (Å²) >= 11 is 0. The predicted octanol–water partition coefficient (Wildman–Crippen LogP) is 2.02. The Bertz CT molecular complexity index is 342. The van der Waals surface area contributed by atoms with Gasteiger partial charge in [0.2, 0.25) is 5.91 Å². The lowest BCUT2D eigenvalue weighted by Gasteiger charge is -2.04. The van der Waals surface area contributed by atoms with Gasteiger partial charge < -0.3 is 5.32 Å². The molecule has 74 valence electrons. The molecule has 0 bridgehead atoms. The number of hydrogen-bond donors (Lipinski definition) is 1. The average molecular weight is 189 g/mol. The Hall–Kier alpha value is -1.31. The second-order valence-corrected chi connectivity index (χ2v) is 3.98. The maximum absolute atomic E-state index is 11.4. The maximum atomic E-state index is 11.4. The van der Waals surface area contributed by atoms with Gasteiger partial charge in [-0.05, 0) is 25.3 Å². The monoisotopic (exact) mass is 189 g/mol. The normalized spacial score (nSPS) is 15.2. The minimum absolute atomic E-state index is 0.214. The summed E-state index contributed by atoms with van der Waals surface area (Å²) in [5.41, 5.74) is 2.42. The molecule has 1 amide bonds. The fraction of sp³-hybridized carbons (Fsp3) is 0.417. The van der Waals surface area contributed by atoms with Crippen LogP contribution < -0.4 is 5.32 Å². The summed E-state index contributed by atoms with van der Waals surface area (Å²) in [6, 6.07) is 8.23. The van der Waals surface area contributed by atoms with Crippen molar-refractivity contribution in [1.29, 1.82) is 0 Å². The molecule has 1 saturated carbocycles. The van der Waals surface area contributed by atoms with Crippen LogP contribution in [0.5, 0.6) is 0 Å². The summed E-state index contributed by atoms with van der Waals surface area (Å²) in [6.07, 6.45) is 2.14. The zero-order valence-electron chi connectivity index (χ0n) is 8.42. The quantitative estimate of drug-likeness (QED) is 0.774. The highest BCUT2D eigenvalue weighted by Crippen LogP contribution is 2.28. The highest BCUT2D eigenvalue weighted by molar-refractivity contribution is 5.80. The highest BCUT2D eigenvalue weighted by atomic mass is 16.2. The van der Waals surface area contributed by atoms with Crippen LogP contribution in [0.4, 0.5) is 0 Å². The van der Waals surface area contributed by atoms with Gasteiger partial charge in [0.25, 0.3) is 0 Å². The smallest absolute Gasteiger partial charge is 0.223 e. The molecule has 0 spiro atoms. The van der Waals surface area contributed by atoms with Crippen molar-refractivity contribution < 1.29 is 4.79 Å². The first-order chi connectivity index (χ1) is 6.75. The molecule has 2 rings (SSSR count). The molecule has 2 nitrogen and oxygen atoms in total. The second-order valence-electron chi connectivity index (χ2n) is 3.98. The SMILES string of the molecule is Cc1cccc(CNC(=O)C2CC2)c1. The van der Waals surface area contributed by atoms with Gasteiger partial charge in [0.05, 0.1) is 0 Å². The van der Waals surface area contributed by atoms with Gasteiger partial charge in [-0.3, -0.25) is 4.79 Å². The number of rotatable bonds is 3. The number of carbonyl (C=O) groups is 1. The maximum Gasteiger partial charge on any atom is 0.223 e. The van der Waals surface area contributed by atoms with Crippen molar-refractivity contribution in [3.8, 4) is 0 Å². The molecule has 2 heteroatoms. The van der Waals surface area contributed by atoms with Crippen LogP contribution in [0.15, 0.2) is 24.3 Å². The van der Waals surface area contributed by atoms with E-state index < -0.39 is 0 Å². The van der Waals surface area contributed by atoms with Crippen molar-refractivity contribution in [3.63, 3.8) is 0 Å². The molecule has 0 unspecified atom stereocenters. The standard InChI is InChI=1S/C12H15NO/c1-9-3-2-4-10(7-9)8-13-12(14)11-5-6-11/h2-4,7,11H,5-6,8H2,1H3,(H,13,14). The zero-order chi connectivity index (χ0) is 9.97. The largest absolute Gasteiger partial charge is 0.352 e. The van der Waals surface area contributed by atoms with Crippen LogP contribution in [0.1, 0.15) is 24.0 Å². The number of nitrogens with one attached hydrogen (secondary N) is 1. The van der Waals surface area contributed by atoms with E-state index in [1.807, 2.05) is 12.1 Å². The summed E-state index contributed by atoms with van der Waals surface area (Å²) in [5.74, 6) is 0.520. The van der Waals surface area contributed by atoms with Gasteiger partial charge in [-0.15, -0.1) is 0 Å². The van der Waals surface area contributed by atoms with E-state index in [0.29, 0.717) is 12.5 Å². The number of hydrogen-bond acceptors (Lipinski definition) is 1. The third-order valence-corrected chi connectivity index (χ3v) is 2.50. The van der Waals surface area contributed by atoms with E-state index in [1.54, 1.807) is 0 Å². The van der Waals surface area contributed by atoms with Gasteiger partial charge in [0.15, 0.2) is 0 Å². The molecule has 14 heavy (non-hydrogen) atoms. The Morgan fingerprint density at radius 1 is 1.50 bits per heavy atom.